The van der Waals surface area contributed by atoms with E-state index in [9.17, 15) is 9.59 Å². The van der Waals surface area contributed by atoms with Crippen LogP contribution in [-0.4, -0.2) is 30.1 Å². The summed E-state index contributed by atoms with van der Waals surface area (Å²) in [7, 11) is 1.62. The summed E-state index contributed by atoms with van der Waals surface area (Å²) in [5.74, 6) is -1.48. The number of hydrogen-bond donors (Lipinski definition) is 2. The van der Waals surface area contributed by atoms with Crippen LogP contribution in [-0.2, 0) is 9.59 Å². The maximum atomic E-state index is 11.9. The molecular weight excluding hydrogens is 232 g/mol. The topological polar surface area (TPSA) is 83.6 Å². The summed E-state index contributed by atoms with van der Waals surface area (Å²) in [6.07, 6.45) is -0.209. The predicted octanol–water partition coefficient (Wildman–Crippen LogP) is 1.07. The van der Waals surface area contributed by atoms with Crippen molar-refractivity contribution in [3.05, 3.63) is 29.3 Å². The first-order valence-corrected chi connectivity index (χ1v) is 5.65. The highest BCUT2D eigenvalue weighted by Gasteiger charge is 2.20. The van der Waals surface area contributed by atoms with Crippen molar-refractivity contribution >= 4 is 17.6 Å². The van der Waals surface area contributed by atoms with E-state index in [1.165, 1.54) is 4.90 Å². The average Bonchev–Trinajstić information content (AvgIpc) is 2.31. The molecule has 0 aliphatic carbocycles. The van der Waals surface area contributed by atoms with E-state index in [4.69, 9.17) is 10.8 Å². The summed E-state index contributed by atoms with van der Waals surface area (Å²) in [6, 6.07) is 4.61. The van der Waals surface area contributed by atoms with Crippen molar-refractivity contribution in [3.8, 4) is 0 Å². The molecule has 1 atom stereocenters. The zero-order valence-corrected chi connectivity index (χ0v) is 10.8. The highest BCUT2D eigenvalue weighted by Crippen LogP contribution is 2.21. The van der Waals surface area contributed by atoms with Gasteiger partial charge in [-0.25, -0.2) is 0 Å². The summed E-state index contributed by atoms with van der Waals surface area (Å²) in [5, 5.41) is 8.69. The molecule has 5 nitrogen and oxygen atoms in total. The maximum absolute atomic E-state index is 11.9. The predicted molar refractivity (Wildman–Crippen MR) is 69.6 cm³/mol. The fourth-order valence-corrected chi connectivity index (χ4v) is 1.63. The number of benzene rings is 1. The van der Waals surface area contributed by atoms with E-state index in [2.05, 4.69) is 0 Å². The van der Waals surface area contributed by atoms with Gasteiger partial charge in [-0.1, -0.05) is 12.1 Å². The smallest absolute Gasteiger partial charge is 0.321 e. The number of nitrogens with two attached hydrogens (primary N) is 1. The fraction of sp³-hybridized carbons (Fsp3) is 0.385. The lowest BCUT2D eigenvalue weighted by molar-refractivity contribution is -0.140. The molecule has 0 radical (unpaired) electrons. The van der Waals surface area contributed by atoms with Crippen molar-refractivity contribution in [2.75, 3.05) is 11.9 Å². The first-order chi connectivity index (χ1) is 8.32. The Labute approximate surface area is 106 Å². The zero-order valence-electron chi connectivity index (χ0n) is 10.8. The second kappa shape index (κ2) is 5.64. The molecule has 1 aromatic carbocycles. The van der Waals surface area contributed by atoms with Crippen LogP contribution in [0.2, 0.25) is 0 Å². The standard InChI is InChI=1S/C13H18N2O3/c1-8-4-5-9(2)11(6-8)15(3)12(16)7-10(14)13(17)18/h4-6,10H,7,14H2,1-3H3,(H,17,18). The van der Waals surface area contributed by atoms with Crippen molar-refractivity contribution in [1.82, 2.24) is 0 Å². The average molecular weight is 250 g/mol. The molecule has 3 N–H and O–H groups in total. The van der Waals surface area contributed by atoms with Crippen LogP contribution in [0.1, 0.15) is 17.5 Å². The lowest BCUT2D eigenvalue weighted by Crippen LogP contribution is -2.38. The van der Waals surface area contributed by atoms with Gasteiger partial charge in [-0.3, -0.25) is 9.59 Å². The molecule has 18 heavy (non-hydrogen) atoms. The molecule has 1 amide bonds. The van der Waals surface area contributed by atoms with E-state index in [-0.39, 0.29) is 12.3 Å². The summed E-state index contributed by atoms with van der Waals surface area (Å²) in [5.41, 5.74) is 8.13. The van der Waals surface area contributed by atoms with Gasteiger partial charge in [0, 0.05) is 12.7 Å². The zero-order chi connectivity index (χ0) is 13.9. The molecule has 5 heteroatoms. The quantitative estimate of drug-likeness (QED) is 0.837. The van der Waals surface area contributed by atoms with Gasteiger partial charge in [-0.15, -0.1) is 0 Å². The van der Waals surface area contributed by atoms with Crippen LogP contribution in [0.3, 0.4) is 0 Å². The van der Waals surface area contributed by atoms with Gasteiger partial charge < -0.3 is 15.7 Å². The van der Waals surface area contributed by atoms with Crippen molar-refractivity contribution in [2.24, 2.45) is 5.73 Å². The van der Waals surface area contributed by atoms with Crippen molar-refractivity contribution in [1.29, 1.82) is 0 Å². The second-order valence-corrected chi connectivity index (χ2v) is 4.39. The third-order valence-electron chi connectivity index (χ3n) is 2.81. The number of carboxylic acid groups (broad SMARTS) is 1. The summed E-state index contributed by atoms with van der Waals surface area (Å²) < 4.78 is 0. The van der Waals surface area contributed by atoms with E-state index >= 15 is 0 Å². The highest BCUT2D eigenvalue weighted by molar-refractivity contribution is 5.96. The van der Waals surface area contributed by atoms with Crippen LogP contribution >= 0.6 is 0 Å². The molecule has 0 heterocycles. The molecule has 0 saturated heterocycles. The van der Waals surface area contributed by atoms with Crippen LogP contribution in [0.25, 0.3) is 0 Å². The van der Waals surface area contributed by atoms with Gasteiger partial charge in [-0.05, 0) is 31.0 Å². The Morgan fingerprint density at radius 2 is 2.00 bits per heavy atom. The number of aryl methyl sites for hydroxylation is 2. The van der Waals surface area contributed by atoms with Crippen LogP contribution in [0.4, 0.5) is 5.69 Å². The molecule has 0 saturated carbocycles. The molecule has 98 valence electrons. The SMILES string of the molecule is Cc1ccc(C)c(N(C)C(=O)CC(N)C(=O)O)c1. The van der Waals surface area contributed by atoms with Crippen molar-refractivity contribution < 1.29 is 14.7 Å². The van der Waals surface area contributed by atoms with E-state index in [0.29, 0.717) is 0 Å². The van der Waals surface area contributed by atoms with Crippen molar-refractivity contribution in [2.45, 2.75) is 26.3 Å². The van der Waals surface area contributed by atoms with E-state index in [1.54, 1.807) is 7.05 Å². The molecule has 0 bridgehead atoms. The first-order valence-electron chi connectivity index (χ1n) is 5.65. The van der Waals surface area contributed by atoms with Gasteiger partial charge >= 0.3 is 5.97 Å². The minimum absolute atomic E-state index is 0.209. The Morgan fingerprint density at radius 3 is 2.56 bits per heavy atom. The van der Waals surface area contributed by atoms with E-state index in [0.717, 1.165) is 16.8 Å². The first kappa shape index (κ1) is 14.2. The number of carboxylic acids is 1. The van der Waals surface area contributed by atoms with Gasteiger partial charge in [0.15, 0.2) is 0 Å². The normalized spacial score (nSPS) is 12.0. The number of carbonyl (C=O) groups excluding carboxylic acids is 1. The minimum Gasteiger partial charge on any atom is -0.480 e. The number of amides is 1. The Morgan fingerprint density at radius 1 is 1.39 bits per heavy atom. The monoisotopic (exact) mass is 250 g/mol. The largest absolute Gasteiger partial charge is 0.480 e. The van der Waals surface area contributed by atoms with Gasteiger partial charge in [0.2, 0.25) is 5.91 Å². The van der Waals surface area contributed by atoms with Gasteiger partial charge in [0.1, 0.15) is 6.04 Å². The number of carbonyl (C=O) groups is 2. The van der Waals surface area contributed by atoms with E-state index in [1.807, 2.05) is 32.0 Å². The number of nitrogens with zero attached hydrogens (tertiary/aromatic N) is 1. The Kier molecular flexibility index (Phi) is 4.44. The van der Waals surface area contributed by atoms with Gasteiger partial charge in [0.25, 0.3) is 0 Å². The third-order valence-corrected chi connectivity index (χ3v) is 2.81. The Balaban J connectivity index is 2.86. The van der Waals surface area contributed by atoms with Crippen LogP contribution in [0.15, 0.2) is 18.2 Å². The lowest BCUT2D eigenvalue weighted by atomic mass is 10.1. The molecule has 0 aliphatic rings. The van der Waals surface area contributed by atoms with Crippen LogP contribution in [0.5, 0.6) is 0 Å². The number of rotatable bonds is 4. The maximum Gasteiger partial charge on any atom is 0.321 e. The Hall–Kier alpha value is -1.88. The molecule has 0 aromatic heterocycles. The minimum atomic E-state index is -1.17. The Bertz CT molecular complexity index is 471. The summed E-state index contributed by atoms with van der Waals surface area (Å²) >= 11 is 0. The van der Waals surface area contributed by atoms with Crippen molar-refractivity contribution in [3.63, 3.8) is 0 Å². The van der Waals surface area contributed by atoms with Crippen LogP contribution in [0, 0.1) is 13.8 Å². The summed E-state index contributed by atoms with van der Waals surface area (Å²) in [4.78, 5) is 24.0. The lowest BCUT2D eigenvalue weighted by Gasteiger charge is -2.21. The molecule has 0 spiro atoms. The van der Waals surface area contributed by atoms with Gasteiger partial charge in [0.05, 0.1) is 6.42 Å². The fourth-order valence-electron chi connectivity index (χ4n) is 1.63. The van der Waals surface area contributed by atoms with Crippen LogP contribution < -0.4 is 10.6 Å². The second-order valence-electron chi connectivity index (χ2n) is 4.39. The highest BCUT2D eigenvalue weighted by atomic mass is 16.4. The van der Waals surface area contributed by atoms with E-state index < -0.39 is 12.0 Å². The molecule has 1 unspecified atom stereocenters. The molecule has 0 aliphatic heterocycles. The molecular formula is C13H18N2O3. The third kappa shape index (κ3) is 3.30. The molecule has 1 aromatic rings. The summed E-state index contributed by atoms with van der Waals surface area (Å²) in [6.45, 7) is 3.83. The molecule has 1 rings (SSSR count). The number of aliphatic carboxylic acids is 1. The number of hydrogen-bond acceptors (Lipinski definition) is 3. The number of anilines is 1. The van der Waals surface area contributed by atoms with Gasteiger partial charge in [-0.2, -0.15) is 0 Å². The molecule has 0 fully saturated rings.